The molecule has 0 bridgehead atoms. The van der Waals surface area contributed by atoms with Gasteiger partial charge in [0.05, 0.1) is 23.0 Å². The van der Waals surface area contributed by atoms with Gasteiger partial charge in [-0.1, -0.05) is 25.1 Å². The Morgan fingerprint density at radius 3 is 2.55 bits per heavy atom. The average Bonchev–Trinajstić information content (AvgIpc) is 2.79. The maximum Gasteiger partial charge on any atom is 0.336 e. The highest BCUT2D eigenvalue weighted by atomic mass is 16.6. The number of hydrogen-bond donors (Lipinski definition) is 0. The first-order valence-electron chi connectivity index (χ1n) is 10.1. The first kappa shape index (κ1) is 23.6. The second-order valence-electron chi connectivity index (χ2n) is 7.03. The van der Waals surface area contributed by atoms with Crippen LogP contribution in [0.5, 0.6) is 0 Å². The SMILES string of the molecule is CCC(C)N(CC)C(=O)N1C=CC(c2ccc([N+](=O)[O-])cc2)C(C(=O)OCCC#N)=C1. The minimum atomic E-state index is -0.646. The van der Waals surface area contributed by atoms with E-state index < -0.39 is 16.8 Å². The first-order valence-corrected chi connectivity index (χ1v) is 10.1. The second-order valence-corrected chi connectivity index (χ2v) is 7.03. The van der Waals surface area contributed by atoms with E-state index in [1.54, 1.807) is 29.3 Å². The predicted octanol–water partition coefficient (Wildman–Crippen LogP) is 4.09. The summed E-state index contributed by atoms with van der Waals surface area (Å²) in [4.78, 5) is 39.2. The lowest BCUT2D eigenvalue weighted by atomic mass is 9.89. The first-order chi connectivity index (χ1) is 14.8. The number of ether oxygens (including phenoxy) is 1. The number of benzene rings is 1. The number of nitro groups is 1. The lowest BCUT2D eigenvalue weighted by molar-refractivity contribution is -0.384. The second kappa shape index (κ2) is 10.9. The van der Waals surface area contributed by atoms with Gasteiger partial charge in [-0.05, 0) is 25.8 Å². The third kappa shape index (κ3) is 5.69. The number of urea groups is 1. The van der Waals surface area contributed by atoms with Gasteiger partial charge < -0.3 is 9.64 Å². The van der Waals surface area contributed by atoms with Crippen LogP contribution in [0, 0.1) is 21.4 Å². The van der Waals surface area contributed by atoms with E-state index in [0.717, 1.165) is 6.42 Å². The van der Waals surface area contributed by atoms with Crippen LogP contribution in [0.15, 0.2) is 48.3 Å². The van der Waals surface area contributed by atoms with E-state index in [1.165, 1.54) is 23.2 Å². The molecule has 2 unspecified atom stereocenters. The lowest BCUT2D eigenvalue weighted by Gasteiger charge is -2.33. The molecule has 2 rings (SSSR count). The van der Waals surface area contributed by atoms with E-state index >= 15 is 0 Å². The summed E-state index contributed by atoms with van der Waals surface area (Å²) in [5, 5.41) is 19.6. The van der Waals surface area contributed by atoms with Crippen LogP contribution >= 0.6 is 0 Å². The summed E-state index contributed by atoms with van der Waals surface area (Å²) in [6.07, 6.45) is 5.55. The molecule has 0 fully saturated rings. The van der Waals surface area contributed by atoms with Crippen molar-refractivity contribution in [3.63, 3.8) is 0 Å². The Morgan fingerprint density at radius 1 is 1.32 bits per heavy atom. The fourth-order valence-electron chi connectivity index (χ4n) is 3.23. The fourth-order valence-corrected chi connectivity index (χ4v) is 3.23. The van der Waals surface area contributed by atoms with Gasteiger partial charge in [-0.15, -0.1) is 0 Å². The molecule has 0 saturated carbocycles. The summed E-state index contributed by atoms with van der Waals surface area (Å²) < 4.78 is 5.20. The van der Waals surface area contributed by atoms with Crippen LogP contribution in [0.25, 0.3) is 0 Å². The lowest BCUT2D eigenvalue weighted by Crippen LogP contribution is -2.44. The molecule has 0 N–H and O–H groups in total. The molecule has 0 aromatic heterocycles. The number of nitrogens with zero attached hydrogens (tertiary/aromatic N) is 4. The van der Waals surface area contributed by atoms with Crippen LogP contribution in [0.1, 0.15) is 45.1 Å². The molecule has 2 atom stereocenters. The topological polar surface area (TPSA) is 117 Å². The Hall–Kier alpha value is -3.67. The van der Waals surface area contributed by atoms with Crippen molar-refractivity contribution in [3.8, 4) is 6.07 Å². The van der Waals surface area contributed by atoms with Crippen LogP contribution in [0.3, 0.4) is 0 Å². The minimum Gasteiger partial charge on any atom is -0.461 e. The molecule has 0 saturated heterocycles. The molecular weight excluding hydrogens is 400 g/mol. The van der Waals surface area contributed by atoms with Gasteiger partial charge in [-0.3, -0.25) is 15.0 Å². The monoisotopic (exact) mass is 426 g/mol. The summed E-state index contributed by atoms with van der Waals surface area (Å²) >= 11 is 0. The van der Waals surface area contributed by atoms with Gasteiger partial charge in [0.15, 0.2) is 0 Å². The van der Waals surface area contributed by atoms with Gasteiger partial charge in [0.1, 0.15) is 6.61 Å². The molecule has 1 aromatic rings. The maximum atomic E-state index is 13.0. The average molecular weight is 426 g/mol. The molecule has 1 aromatic carbocycles. The van der Waals surface area contributed by atoms with Gasteiger partial charge in [0.25, 0.3) is 5.69 Å². The zero-order valence-corrected chi connectivity index (χ0v) is 17.9. The summed E-state index contributed by atoms with van der Waals surface area (Å²) in [6.45, 7) is 6.28. The van der Waals surface area contributed by atoms with Crippen molar-refractivity contribution in [3.05, 3.63) is 64.0 Å². The number of nitro benzene ring substituents is 1. The van der Waals surface area contributed by atoms with Crippen molar-refractivity contribution < 1.29 is 19.2 Å². The van der Waals surface area contributed by atoms with Crippen LogP contribution in [-0.2, 0) is 9.53 Å². The minimum absolute atomic E-state index is 0.0257. The van der Waals surface area contributed by atoms with Gasteiger partial charge in [0.2, 0.25) is 0 Å². The van der Waals surface area contributed by atoms with E-state index in [-0.39, 0.29) is 36.4 Å². The molecular formula is C22H26N4O5. The van der Waals surface area contributed by atoms with Gasteiger partial charge in [-0.2, -0.15) is 5.26 Å². The van der Waals surface area contributed by atoms with Crippen molar-refractivity contribution in [2.24, 2.45) is 0 Å². The van der Waals surface area contributed by atoms with Crippen molar-refractivity contribution in [1.82, 2.24) is 9.80 Å². The highest BCUT2D eigenvalue weighted by Gasteiger charge is 2.30. The number of non-ortho nitro benzene ring substituents is 1. The number of allylic oxidation sites excluding steroid dienone is 1. The molecule has 164 valence electrons. The van der Waals surface area contributed by atoms with Gasteiger partial charge >= 0.3 is 12.0 Å². The molecule has 1 aliphatic heterocycles. The van der Waals surface area contributed by atoms with E-state index in [0.29, 0.717) is 12.1 Å². The number of amides is 2. The van der Waals surface area contributed by atoms with Crippen molar-refractivity contribution in [1.29, 1.82) is 5.26 Å². The smallest absolute Gasteiger partial charge is 0.336 e. The summed E-state index contributed by atoms with van der Waals surface area (Å²) in [5.41, 5.74) is 0.796. The third-order valence-electron chi connectivity index (χ3n) is 5.13. The van der Waals surface area contributed by atoms with Gasteiger partial charge in [0, 0.05) is 43.0 Å². The van der Waals surface area contributed by atoms with Crippen molar-refractivity contribution in [2.45, 2.75) is 45.6 Å². The highest BCUT2D eigenvalue weighted by Crippen LogP contribution is 2.32. The van der Waals surface area contributed by atoms with Crippen LogP contribution < -0.4 is 0 Å². The Kier molecular flexibility index (Phi) is 8.32. The molecule has 9 nitrogen and oxygen atoms in total. The Morgan fingerprint density at radius 2 is 2.00 bits per heavy atom. The number of carbonyl (C=O) groups is 2. The van der Waals surface area contributed by atoms with E-state index in [4.69, 9.17) is 10.00 Å². The number of rotatable bonds is 8. The molecule has 0 spiro atoms. The molecule has 2 amide bonds. The van der Waals surface area contributed by atoms with Gasteiger partial charge in [-0.25, -0.2) is 9.59 Å². The Balaban J connectivity index is 2.36. The largest absolute Gasteiger partial charge is 0.461 e. The molecule has 0 aliphatic carbocycles. The quantitative estimate of drug-likeness (QED) is 0.267. The number of carbonyl (C=O) groups excluding carboxylic acids is 2. The maximum absolute atomic E-state index is 13.0. The normalized spacial score (nSPS) is 16.1. The van der Waals surface area contributed by atoms with Crippen LogP contribution in [0.4, 0.5) is 10.5 Å². The third-order valence-corrected chi connectivity index (χ3v) is 5.13. The number of nitriles is 1. The van der Waals surface area contributed by atoms with E-state index in [1.807, 2.05) is 26.8 Å². The van der Waals surface area contributed by atoms with Crippen LogP contribution in [-0.4, -0.2) is 45.9 Å². The summed E-state index contributed by atoms with van der Waals surface area (Å²) in [7, 11) is 0. The highest BCUT2D eigenvalue weighted by molar-refractivity contribution is 5.92. The van der Waals surface area contributed by atoms with Crippen LogP contribution in [0.2, 0.25) is 0 Å². The zero-order chi connectivity index (χ0) is 23.0. The Bertz CT molecular complexity index is 917. The zero-order valence-electron chi connectivity index (χ0n) is 17.9. The fraction of sp³-hybridized carbons (Fsp3) is 0.409. The standard InChI is InChI=1S/C22H26N4O5/c1-4-16(3)25(5-2)22(28)24-13-11-19(17-7-9-18(10-8-17)26(29)30)20(15-24)21(27)31-14-6-12-23/h7-11,13,15-16,19H,4-6,14H2,1-3H3. The molecule has 9 heteroatoms. The summed E-state index contributed by atoms with van der Waals surface area (Å²) in [5.74, 6) is -1.19. The molecule has 0 radical (unpaired) electrons. The van der Waals surface area contributed by atoms with Crippen molar-refractivity contribution >= 4 is 17.7 Å². The molecule has 1 heterocycles. The van der Waals surface area contributed by atoms with E-state index in [9.17, 15) is 19.7 Å². The van der Waals surface area contributed by atoms with Crippen molar-refractivity contribution in [2.75, 3.05) is 13.2 Å². The van der Waals surface area contributed by atoms with E-state index in [2.05, 4.69) is 0 Å². The predicted molar refractivity (Wildman–Crippen MR) is 114 cm³/mol. The molecule has 1 aliphatic rings. The number of esters is 1. The number of hydrogen-bond acceptors (Lipinski definition) is 6. The summed E-state index contributed by atoms with van der Waals surface area (Å²) in [6, 6.07) is 7.53. The molecule has 31 heavy (non-hydrogen) atoms. The Labute approximate surface area is 181 Å².